The summed E-state index contributed by atoms with van der Waals surface area (Å²) in [6.07, 6.45) is 3.63. The zero-order valence-corrected chi connectivity index (χ0v) is 13.4. The topological polar surface area (TPSA) is 26.0 Å². The molecular weight excluding hydrogens is 306 g/mol. The first kappa shape index (κ1) is 14.0. The maximum Gasteiger partial charge on any atom is 0.135 e. The van der Waals surface area contributed by atoms with Crippen molar-refractivity contribution in [3.63, 3.8) is 0 Å². The molecule has 0 saturated heterocycles. The van der Waals surface area contributed by atoms with Gasteiger partial charge in [-0.1, -0.05) is 36.4 Å². The predicted octanol–water partition coefficient (Wildman–Crippen LogP) is 6.12. The average Bonchev–Trinajstić information content (AvgIpc) is 3.06. The van der Waals surface area contributed by atoms with Crippen molar-refractivity contribution in [2.24, 2.45) is 0 Å². The molecule has 25 heavy (non-hydrogen) atoms. The summed E-state index contributed by atoms with van der Waals surface area (Å²) in [6.45, 7) is 0. The molecule has 0 unspecified atom stereocenters. The molecule has 0 fully saturated rings. The fourth-order valence-corrected chi connectivity index (χ4v) is 3.24. The second-order valence-electron chi connectivity index (χ2n) is 6.04. The lowest BCUT2D eigenvalue weighted by atomic mass is 10.0. The summed E-state index contributed by atoms with van der Waals surface area (Å²) in [4.78, 5) is 4.10. The minimum Gasteiger partial charge on any atom is -0.456 e. The maximum atomic E-state index is 6.01. The zero-order chi connectivity index (χ0) is 16.6. The van der Waals surface area contributed by atoms with Crippen LogP contribution in [0.4, 0.5) is 0 Å². The molecule has 0 aliphatic heterocycles. The van der Waals surface area contributed by atoms with E-state index in [0.717, 1.165) is 44.2 Å². The smallest absolute Gasteiger partial charge is 0.135 e. The van der Waals surface area contributed by atoms with Crippen molar-refractivity contribution in [1.29, 1.82) is 0 Å². The minimum absolute atomic E-state index is 0.904. The van der Waals surface area contributed by atoms with Crippen molar-refractivity contribution in [2.75, 3.05) is 0 Å². The molecule has 2 heterocycles. The Hall–Kier alpha value is -3.39. The number of fused-ring (bicyclic) bond motifs is 3. The Balaban J connectivity index is 1.73. The summed E-state index contributed by atoms with van der Waals surface area (Å²) in [5.74, 6) is 0. The van der Waals surface area contributed by atoms with Gasteiger partial charge < -0.3 is 4.42 Å². The first-order chi connectivity index (χ1) is 12.4. The summed E-state index contributed by atoms with van der Waals surface area (Å²) in [6, 6.07) is 28.0. The molecule has 0 aliphatic carbocycles. The van der Waals surface area contributed by atoms with E-state index in [0.29, 0.717) is 0 Å². The number of rotatable bonds is 2. The predicted molar refractivity (Wildman–Crippen MR) is 101 cm³/mol. The Labute approximate surface area is 145 Å². The van der Waals surface area contributed by atoms with Gasteiger partial charge in [-0.2, -0.15) is 0 Å². The molecule has 0 N–H and O–H groups in total. The standard InChI is InChI=1S/C23H14NO/c1-2-4-16(5-3-1)18-6-8-22-20(14-18)21-15-19(7-9-23(21)25-22)17-10-12-24-13-11-17/h1-4,6-15H. The first-order valence-electron chi connectivity index (χ1n) is 8.22. The highest BCUT2D eigenvalue weighted by Crippen LogP contribution is 2.34. The highest BCUT2D eigenvalue weighted by atomic mass is 16.3. The van der Waals surface area contributed by atoms with Crippen molar-refractivity contribution in [1.82, 2.24) is 4.98 Å². The van der Waals surface area contributed by atoms with Crippen LogP contribution in [0.2, 0.25) is 0 Å². The van der Waals surface area contributed by atoms with Crippen LogP contribution < -0.4 is 0 Å². The molecule has 0 bridgehead atoms. The van der Waals surface area contributed by atoms with Crippen LogP contribution >= 0.6 is 0 Å². The van der Waals surface area contributed by atoms with Gasteiger partial charge in [0.15, 0.2) is 0 Å². The van der Waals surface area contributed by atoms with Gasteiger partial charge in [0.25, 0.3) is 0 Å². The Morgan fingerprint density at radius 1 is 0.680 bits per heavy atom. The van der Waals surface area contributed by atoms with Gasteiger partial charge in [-0.25, -0.2) is 0 Å². The lowest BCUT2D eigenvalue weighted by Gasteiger charge is -2.02. The number of aromatic nitrogens is 1. The Morgan fingerprint density at radius 3 is 2.12 bits per heavy atom. The fraction of sp³-hybridized carbons (Fsp3) is 0. The normalized spacial score (nSPS) is 11.2. The van der Waals surface area contributed by atoms with Gasteiger partial charge in [-0.15, -0.1) is 0 Å². The van der Waals surface area contributed by atoms with Crippen molar-refractivity contribution in [3.05, 3.63) is 91.3 Å². The molecular formula is C23H14NO. The van der Waals surface area contributed by atoms with E-state index in [2.05, 4.69) is 41.4 Å². The van der Waals surface area contributed by atoms with Crippen LogP contribution in [-0.2, 0) is 0 Å². The van der Waals surface area contributed by atoms with Gasteiger partial charge in [-0.05, 0) is 64.7 Å². The highest BCUT2D eigenvalue weighted by Gasteiger charge is 2.10. The number of pyridine rings is 1. The lowest BCUT2D eigenvalue weighted by Crippen LogP contribution is -1.79. The minimum atomic E-state index is 0.904. The van der Waals surface area contributed by atoms with E-state index in [9.17, 15) is 0 Å². The van der Waals surface area contributed by atoms with E-state index in [1.807, 2.05) is 54.9 Å². The number of nitrogens with zero attached hydrogens (tertiary/aromatic N) is 1. The Bertz CT molecular complexity index is 1080. The number of benzene rings is 3. The summed E-state index contributed by atoms with van der Waals surface area (Å²) in [5.41, 5.74) is 6.35. The number of hydrogen-bond acceptors (Lipinski definition) is 2. The second kappa shape index (κ2) is 5.60. The third-order valence-electron chi connectivity index (χ3n) is 4.50. The summed E-state index contributed by atoms with van der Waals surface area (Å²) in [5, 5.41) is 2.25. The van der Waals surface area contributed by atoms with Gasteiger partial charge in [0.05, 0.1) is 0 Å². The van der Waals surface area contributed by atoms with E-state index in [4.69, 9.17) is 4.42 Å². The van der Waals surface area contributed by atoms with Gasteiger partial charge in [-0.3, -0.25) is 4.98 Å². The molecule has 3 aromatic carbocycles. The molecule has 0 saturated carbocycles. The van der Waals surface area contributed by atoms with Crippen molar-refractivity contribution >= 4 is 21.9 Å². The van der Waals surface area contributed by atoms with Gasteiger partial charge in [0.2, 0.25) is 0 Å². The Kier molecular flexibility index (Phi) is 3.14. The van der Waals surface area contributed by atoms with E-state index in [1.54, 1.807) is 0 Å². The fourth-order valence-electron chi connectivity index (χ4n) is 3.24. The largest absolute Gasteiger partial charge is 0.456 e. The number of furan rings is 1. The van der Waals surface area contributed by atoms with Gasteiger partial charge in [0, 0.05) is 23.2 Å². The summed E-state index contributed by atoms with van der Waals surface area (Å²) < 4.78 is 6.01. The van der Waals surface area contributed by atoms with Crippen LogP contribution in [0.5, 0.6) is 0 Å². The van der Waals surface area contributed by atoms with Crippen LogP contribution in [0.25, 0.3) is 44.2 Å². The highest BCUT2D eigenvalue weighted by molar-refractivity contribution is 6.07. The van der Waals surface area contributed by atoms with Crippen molar-refractivity contribution in [3.8, 4) is 22.3 Å². The molecule has 2 heteroatoms. The molecule has 1 radical (unpaired) electrons. The zero-order valence-electron chi connectivity index (χ0n) is 13.4. The van der Waals surface area contributed by atoms with Crippen LogP contribution in [-0.4, -0.2) is 4.98 Å². The first-order valence-corrected chi connectivity index (χ1v) is 8.22. The van der Waals surface area contributed by atoms with E-state index in [1.165, 1.54) is 0 Å². The SMILES string of the molecule is [c]1ccccc1-c1ccc2oc3ccc(-c4ccncc4)cc3c2c1. The molecule has 0 aliphatic rings. The van der Waals surface area contributed by atoms with Gasteiger partial charge in [0.1, 0.15) is 11.2 Å². The maximum absolute atomic E-state index is 6.01. The van der Waals surface area contributed by atoms with Crippen molar-refractivity contribution in [2.45, 2.75) is 0 Å². The third kappa shape index (κ3) is 2.39. The average molecular weight is 320 g/mol. The lowest BCUT2D eigenvalue weighted by molar-refractivity contribution is 0.669. The van der Waals surface area contributed by atoms with Crippen LogP contribution in [0, 0.1) is 6.07 Å². The van der Waals surface area contributed by atoms with E-state index < -0.39 is 0 Å². The molecule has 0 amide bonds. The van der Waals surface area contributed by atoms with Crippen molar-refractivity contribution < 1.29 is 4.42 Å². The van der Waals surface area contributed by atoms with E-state index in [-0.39, 0.29) is 0 Å². The monoisotopic (exact) mass is 320 g/mol. The molecule has 117 valence electrons. The second-order valence-corrected chi connectivity index (χ2v) is 6.04. The number of hydrogen-bond donors (Lipinski definition) is 0. The summed E-state index contributed by atoms with van der Waals surface area (Å²) >= 11 is 0. The molecule has 5 aromatic rings. The molecule has 0 spiro atoms. The molecule has 2 aromatic heterocycles. The summed E-state index contributed by atoms with van der Waals surface area (Å²) in [7, 11) is 0. The van der Waals surface area contributed by atoms with E-state index >= 15 is 0 Å². The third-order valence-corrected chi connectivity index (χ3v) is 4.50. The molecule has 2 nitrogen and oxygen atoms in total. The molecule has 0 atom stereocenters. The Morgan fingerprint density at radius 2 is 1.40 bits per heavy atom. The van der Waals surface area contributed by atoms with Crippen LogP contribution in [0.1, 0.15) is 0 Å². The molecule has 5 rings (SSSR count). The van der Waals surface area contributed by atoms with Crippen LogP contribution in [0.3, 0.4) is 0 Å². The van der Waals surface area contributed by atoms with Crippen LogP contribution in [0.15, 0.2) is 89.6 Å². The quantitative estimate of drug-likeness (QED) is 0.392. The van der Waals surface area contributed by atoms with Gasteiger partial charge >= 0.3 is 0 Å².